The lowest BCUT2D eigenvalue weighted by Gasteiger charge is -1.96. The summed E-state index contributed by atoms with van der Waals surface area (Å²) in [5.74, 6) is -3.04. The predicted octanol–water partition coefficient (Wildman–Crippen LogP) is 2.49. The Balaban J connectivity index is 2.17. The topological polar surface area (TPSA) is 83.8 Å². The highest BCUT2D eigenvalue weighted by Gasteiger charge is 2.16. The van der Waals surface area contributed by atoms with Gasteiger partial charge in [0.25, 0.3) is 0 Å². The molecule has 6 nitrogen and oxygen atoms in total. The van der Waals surface area contributed by atoms with Crippen LogP contribution in [0.4, 0.5) is 8.78 Å². The van der Waals surface area contributed by atoms with Gasteiger partial charge in [0.1, 0.15) is 5.52 Å². The number of halogens is 3. The number of hydrogen-bond donors (Lipinski definition) is 2. The summed E-state index contributed by atoms with van der Waals surface area (Å²) in [7, 11) is 0. The van der Waals surface area contributed by atoms with Crippen molar-refractivity contribution >= 4 is 32.9 Å². The molecular formula is C11H5BrF2N4O2. The van der Waals surface area contributed by atoms with Gasteiger partial charge in [-0.1, -0.05) is 0 Å². The van der Waals surface area contributed by atoms with Gasteiger partial charge in [-0.2, -0.15) is 5.10 Å². The lowest BCUT2D eigenvalue weighted by Crippen LogP contribution is -1.97. The van der Waals surface area contributed by atoms with Gasteiger partial charge in [0, 0.05) is 12.3 Å². The summed E-state index contributed by atoms with van der Waals surface area (Å²) in [6, 6.07) is 0.966. The molecule has 0 atom stereocenters. The molecule has 3 rings (SSSR count). The van der Waals surface area contributed by atoms with Crippen LogP contribution < -0.4 is 0 Å². The molecule has 0 unspecified atom stereocenters. The van der Waals surface area contributed by atoms with Crippen molar-refractivity contribution in [2.24, 2.45) is 0 Å². The van der Waals surface area contributed by atoms with Crippen LogP contribution in [-0.2, 0) is 0 Å². The fourth-order valence-corrected chi connectivity index (χ4v) is 2.19. The van der Waals surface area contributed by atoms with Crippen LogP contribution in [0.2, 0.25) is 0 Å². The van der Waals surface area contributed by atoms with Gasteiger partial charge in [-0.15, -0.1) is 0 Å². The Morgan fingerprint density at radius 3 is 2.85 bits per heavy atom. The van der Waals surface area contributed by atoms with Crippen molar-refractivity contribution in [1.29, 1.82) is 0 Å². The number of fused-ring (bicyclic) bond motifs is 1. The van der Waals surface area contributed by atoms with E-state index >= 15 is 0 Å². The largest absolute Gasteiger partial charge is 0.478 e. The molecule has 0 saturated carbocycles. The van der Waals surface area contributed by atoms with Crippen LogP contribution >= 0.6 is 15.9 Å². The first-order chi connectivity index (χ1) is 9.47. The lowest BCUT2D eigenvalue weighted by molar-refractivity contribution is 0.0697. The van der Waals surface area contributed by atoms with Gasteiger partial charge in [-0.3, -0.25) is 0 Å². The number of benzene rings is 1. The van der Waals surface area contributed by atoms with Crippen molar-refractivity contribution in [3.8, 4) is 5.95 Å². The second-order valence-corrected chi connectivity index (χ2v) is 4.71. The van der Waals surface area contributed by atoms with E-state index in [-0.39, 0.29) is 27.0 Å². The van der Waals surface area contributed by atoms with Crippen LogP contribution in [0.5, 0.6) is 0 Å². The number of carboxylic acid groups (broad SMARTS) is 1. The summed E-state index contributed by atoms with van der Waals surface area (Å²) < 4.78 is 27.7. The van der Waals surface area contributed by atoms with Crippen LogP contribution in [-0.4, -0.2) is 30.8 Å². The van der Waals surface area contributed by atoms with Crippen molar-refractivity contribution in [2.75, 3.05) is 0 Å². The van der Waals surface area contributed by atoms with Crippen molar-refractivity contribution in [1.82, 2.24) is 19.7 Å². The molecule has 20 heavy (non-hydrogen) atoms. The van der Waals surface area contributed by atoms with Crippen molar-refractivity contribution in [3.05, 3.63) is 40.1 Å². The number of H-pyrrole nitrogens is 1. The Labute approximate surface area is 118 Å². The summed E-state index contributed by atoms with van der Waals surface area (Å²) in [4.78, 5) is 17.6. The number of hydrogen-bond acceptors (Lipinski definition) is 3. The van der Waals surface area contributed by atoms with Gasteiger partial charge < -0.3 is 10.1 Å². The van der Waals surface area contributed by atoms with E-state index in [1.165, 1.54) is 10.9 Å². The maximum atomic E-state index is 13.4. The number of carbonyl (C=O) groups is 1. The van der Waals surface area contributed by atoms with Crippen LogP contribution in [0.3, 0.4) is 0 Å². The molecule has 102 valence electrons. The van der Waals surface area contributed by atoms with E-state index in [2.05, 4.69) is 31.0 Å². The van der Waals surface area contributed by atoms with E-state index in [0.29, 0.717) is 0 Å². The van der Waals surface area contributed by atoms with Gasteiger partial charge >= 0.3 is 5.97 Å². The lowest BCUT2D eigenvalue weighted by atomic mass is 10.3. The third-order valence-electron chi connectivity index (χ3n) is 2.65. The zero-order chi connectivity index (χ0) is 14.4. The molecule has 0 aliphatic rings. The maximum Gasteiger partial charge on any atom is 0.338 e. The zero-order valence-electron chi connectivity index (χ0n) is 9.56. The number of aromatic carboxylic acids is 1. The minimum atomic E-state index is -1.13. The highest BCUT2D eigenvalue weighted by atomic mass is 79.9. The third kappa shape index (κ3) is 1.86. The average molecular weight is 343 g/mol. The summed E-state index contributed by atoms with van der Waals surface area (Å²) in [6.07, 6.45) is 2.38. The van der Waals surface area contributed by atoms with E-state index < -0.39 is 17.6 Å². The monoisotopic (exact) mass is 342 g/mol. The number of carboxylic acids is 1. The van der Waals surface area contributed by atoms with E-state index in [9.17, 15) is 13.6 Å². The summed E-state index contributed by atoms with van der Waals surface area (Å²) >= 11 is 2.92. The van der Waals surface area contributed by atoms with Crippen LogP contribution in [0.25, 0.3) is 17.0 Å². The number of aromatic nitrogens is 4. The average Bonchev–Trinajstić information content (AvgIpc) is 3.01. The molecule has 0 bridgehead atoms. The van der Waals surface area contributed by atoms with Crippen molar-refractivity contribution in [2.45, 2.75) is 0 Å². The van der Waals surface area contributed by atoms with Gasteiger partial charge in [0.05, 0.1) is 21.7 Å². The van der Waals surface area contributed by atoms with E-state index in [1.54, 1.807) is 0 Å². The molecule has 0 spiro atoms. The van der Waals surface area contributed by atoms with Crippen molar-refractivity contribution < 1.29 is 18.7 Å². The van der Waals surface area contributed by atoms with E-state index in [1.807, 2.05) is 0 Å². The predicted molar refractivity (Wildman–Crippen MR) is 67.8 cm³/mol. The Hall–Kier alpha value is -2.29. The molecule has 0 radical (unpaired) electrons. The minimum absolute atomic E-state index is 0.0260. The smallest absolute Gasteiger partial charge is 0.338 e. The van der Waals surface area contributed by atoms with Crippen LogP contribution in [0, 0.1) is 11.6 Å². The Morgan fingerprint density at radius 2 is 2.20 bits per heavy atom. The fraction of sp³-hybridized carbons (Fsp3) is 0. The van der Waals surface area contributed by atoms with Crippen molar-refractivity contribution in [3.63, 3.8) is 0 Å². The summed E-state index contributed by atoms with van der Waals surface area (Å²) in [5.41, 5.74) is 0.423. The highest BCUT2D eigenvalue weighted by molar-refractivity contribution is 9.10. The standard InChI is InChI=1S/C11H5BrF2N4O2/c12-7-8(14)5(13)1-6-9(7)17-11(16-6)18-3-4(2-15-18)10(19)20/h1-3H,(H,16,17)(H,19,20). The van der Waals surface area contributed by atoms with Gasteiger partial charge in [0.15, 0.2) is 11.6 Å². The van der Waals surface area contributed by atoms with Crippen LogP contribution in [0.15, 0.2) is 22.9 Å². The molecule has 0 amide bonds. The van der Waals surface area contributed by atoms with Gasteiger partial charge in [-0.25, -0.2) is 23.2 Å². The first kappa shape index (κ1) is 12.7. The first-order valence-electron chi connectivity index (χ1n) is 5.29. The molecule has 0 fully saturated rings. The number of nitrogens with one attached hydrogen (secondary N) is 1. The molecule has 3 aromatic rings. The molecule has 1 aromatic carbocycles. The quantitative estimate of drug-likeness (QED) is 0.701. The third-order valence-corrected chi connectivity index (χ3v) is 3.37. The molecule has 0 aliphatic carbocycles. The van der Waals surface area contributed by atoms with Gasteiger partial charge in [0.2, 0.25) is 5.95 Å². The maximum absolute atomic E-state index is 13.4. The first-order valence-corrected chi connectivity index (χ1v) is 6.08. The Morgan fingerprint density at radius 1 is 1.45 bits per heavy atom. The van der Waals surface area contributed by atoms with Crippen LogP contribution in [0.1, 0.15) is 10.4 Å². The number of nitrogens with zero attached hydrogens (tertiary/aromatic N) is 3. The molecule has 9 heteroatoms. The molecule has 0 saturated heterocycles. The number of aromatic amines is 1. The fourth-order valence-electron chi connectivity index (χ4n) is 1.70. The number of rotatable bonds is 2. The summed E-state index contributed by atoms with van der Waals surface area (Å²) in [6.45, 7) is 0. The number of imidazole rings is 1. The molecule has 2 heterocycles. The second kappa shape index (κ2) is 4.37. The minimum Gasteiger partial charge on any atom is -0.478 e. The van der Waals surface area contributed by atoms with E-state index in [4.69, 9.17) is 5.11 Å². The Kier molecular flexibility index (Phi) is 2.78. The molecule has 2 aromatic heterocycles. The highest BCUT2D eigenvalue weighted by Crippen LogP contribution is 2.28. The molecular weight excluding hydrogens is 338 g/mol. The second-order valence-electron chi connectivity index (χ2n) is 3.92. The molecule has 2 N–H and O–H groups in total. The van der Waals surface area contributed by atoms with Gasteiger partial charge in [-0.05, 0) is 15.9 Å². The SMILES string of the molecule is O=C(O)c1cnn(-c2nc3c(Br)c(F)c(F)cc3[nH]2)c1. The summed E-state index contributed by atoms with van der Waals surface area (Å²) in [5, 5.41) is 12.6. The Bertz CT molecular complexity index is 842. The molecule has 0 aliphatic heterocycles. The normalized spacial score (nSPS) is 11.2. The van der Waals surface area contributed by atoms with E-state index in [0.717, 1.165) is 12.3 Å². The zero-order valence-corrected chi connectivity index (χ0v) is 11.1.